The van der Waals surface area contributed by atoms with Crippen LogP contribution in [0.1, 0.15) is 91.9 Å². The second-order valence-corrected chi connectivity index (χ2v) is 25.0. The van der Waals surface area contributed by atoms with Gasteiger partial charge < -0.3 is 28.2 Å². The fourth-order valence-electron chi connectivity index (χ4n) is 11.4. The summed E-state index contributed by atoms with van der Waals surface area (Å²) in [6.07, 6.45) is 11.2. The van der Waals surface area contributed by atoms with Crippen molar-refractivity contribution in [1.82, 2.24) is 38.7 Å². The number of benzene rings is 7. The van der Waals surface area contributed by atoms with Gasteiger partial charge in [0.05, 0.1) is 54.6 Å². The Balaban J connectivity index is 0.000000139. The van der Waals surface area contributed by atoms with Crippen LogP contribution in [0.25, 0.3) is 43.6 Å². The number of H-pyrrole nitrogens is 1. The Labute approximate surface area is 599 Å². The summed E-state index contributed by atoms with van der Waals surface area (Å²) in [4.78, 5) is 122. The first-order chi connectivity index (χ1) is 49.8. The van der Waals surface area contributed by atoms with Crippen LogP contribution in [-0.2, 0) is 24.5 Å². The number of para-hydroxylation sites is 4. The lowest BCUT2D eigenvalue weighted by Crippen LogP contribution is -2.31. The predicted octanol–water partition coefficient (Wildman–Crippen LogP) is 13.9. The molecule has 0 spiro atoms. The number of hydroxylamine groups is 2. The highest BCUT2D eigenvalue weighted by molar-refractivity contribution is 9.10. The SMILES string of the molecule is COc1ccc(Cn2cc(C(=O)N(C)OC)c(=O)c3ccccc32)cc1.COc1ccc(Cn2cc(C(=O)c3ccc(C)cn3)c(=O)c3ccccc32)cc1.Cc1ccc(C(=O)c2c[nH]c3ccccc3c2=O)nc1.Cc1ccc(C(=O)c2cn(Cc3cccc(Br)c3)c3ccccc3c2=O)nc1. The Hall–Kier alpha value is -12.7. The fourth-order valence-corrected chi connectivity index (χ4v) is 11.8. The molecule has 103 heavy (non-hydrogen) atoms. The molecule has 514 valence electrons. The molecule has 0 saturated carbocycles. The topological polar surface area (TPSA) is 237 Å². The van der Waals surface area contributed by atoms with Crippen LogP contribution in [0.4, 0.5) is 0 Å². The van der Waals surface area contributed by atoms with Crippen molar-refractivity contribution in [3.63, 3.8) is 0 Å². The van der Waals surface area contributed by atoms with Gasteiger partial charge in [0.25, 0.3) is 5.91 Å². The average Bonchev–Trinajstić information content (AvgIpc) is 0.799. The Kier molecular flexibility index (Phi) is 22.6. The lowest BCUT2D eigenvalue weighted by atomic mass is 10.0. The summed E-state index contributed by atoms with van der Waals surface area (Å²) in [5, 5.41) is 3.08. The largest absolute Gasteiger partial charge is 0.497 e. The molecule has 7 aromatic carbocycles. The lowest BCUT2D eigenvalue weighted by molar-refractivity contribution is -0.0758. The van der Waals surface area contributed by atoms with E-state index in [0.29, 0.717) is 46.7 Å². The Morgan fingerprint density at radius 1 is 0.417 bits per heavy atom. The van der Waals surface area contributed by atoms with Crippen LogP contribution in [0.3, 0.4) is 0 Å². The Bertz CT molecular complexity index is 5740. The summed E-state index contributed by atoms with van der Waals surface area (Å²) in [6.45, 7) is 7.28. The molecule has 14 rings (SSSR count). The van der Waals surface area contributed by atoms with Crippen LogP contribution < -0.4 is 31.2 Å². The molecule has 7 heterocycles. The number of fused-ring (bicyclic) bond motifs is 4. The summed E-state index contributed by atoms with van der Waals surface area (Å²) in [5.41, 5.74) is 9.17. The van der Waals surface area contributed by atoms with Gasteiger partial charge in [-0.25, -0.2) is 5.06 Å². The average molecular weight is 1430 g/mol. The van der Waals surface area contributed by atoms with Gasteiger partial charge in [-0.15, -0.1) is 0 Å². The number of ketones is 3. The van der Waals surface area contributed by atoms with Gasteiger partial charge in [0.2, 0.25) is 39.1 Å². The van der Waals surface area contributed by atoms with Gasteiger partial charge in [-0.3, -0.25) is 58.1 Å². The lowest BCUT2D eigenvalue weighted by Gasteiger charge is -2.17. The molecular formula is C83H69BrN8O11. The van der Waals surface area contributed by atoms with Crippen molar-refractivity contribution in [1.29, 1.82) is 0 Å². The van der Waals surface area contributed by atoms with Crippen LogP contribution in [0.15, 0.2) is 273 Å². The molecule has 1 amide bonds. The second kappa shape index (κ2) is 32.6. The third-order valence-electron chi connectivity index (χ3n) is 17.0. The van der Waals surface area contributed by atoms with Crippen molar-refractivity contribution in [3.05, 3.63) is 368 Å². The predicted molar refractivity (Wildman–Crippen MR) is 403 cm³/mol. The van der Waals surface area contributed by atoms with E-state index in [1.54, 1.807) is 124 Å². The van der Waals surface area contributed by atoms with Crippen LogP contribution in [0, 0.1) is 20.8 Å². The summed E-state index contributed by atoms with van der Waals surface area (Å²) < 4.78 is 17.2. The molecule has 0 aliphatic carbocycles. The smallest absolute Gasteiger partial charge is 0.282 e. The molecule has 0 bridgehead atoms. The van der Waals surface area contributed by atoms with E-state index in [9.17, 15) is 38.4 Å². The molecule has 20 heteroatoms. The maximum absolute atomic E-state index is 13.0. The number of methoxy groups -OCH3 is 2. The van der Waals surface area contributed by atoms with Crippen LogP contribution in [0.2, 0.25) is 0 Å². The maximum Gasteiger partial charge on any atom is 0.282 e. The maximum atomic E-state index is 13.0. The normalized spacial score (nSPS) is 10.8. The summed E-state index contributed by atoms with van der Waals surface area (Å²) in [7, 11) is 6.11. The van der Waals surface area contributed by atoms with E-state index in [4.69, 9.17) is 14.3 Å². The van der Waals surface area contributed by atoms with Crippen LogP contribution >= 0.6 is 15.9 Å². The standard InChI is InChI=1S/C24H20N2O3.C23H17BrN2O2.C20H20N2O4.C16H12N2O2/c1-16-7-12-21(25-13-16)24(28)20-15-26(14-17-8-10-18(29-2)11-9-17)22-6-4-3-5-19(22)23(20)27;1-15-9-10-20(25-12-15)23(28)19-14-26(13-16-5-4-6-17(24)11-16)21-8-3-2-7-18(21)22(19)27;1-21(26-3)20(24)17-13-22(12-14-8-10-15(25-2)11-9-14)18-7-5-4-6-16(18)19(17)23;1-10-6-7-14(17-8-10)16(20)12-9-18-13-5-3-2-4-11(13)15(12)19/h3-13,15H,14H2,1-2H3;2-12,14H,13H2,1H3;4-11,13H,12H2,1-3H3;2-9H,1H3,(H,18,19). The van der Waals surface area contributed by atoms with Gasteiger partial charge in [-0.1, -0.05) is 119 Å². The molecule has 14 aromatic rings. The highest BCUT2D eigenvalue weighted by atomic mass is 79.9. The zero-order chi connectivity index (χ0) is 72.8. The number of aromatic amines is 1. The number of carbonyl (C=O) groups excluding carboxylic acids is 4. The molecular weight excluding hydrogens is 1360 g/mol. The van der Waals surface area contributed by atoms with E-state index >= 15 is 0 Å². The van der Waals surface area contributed by atoms with Gasteiger partial charge in [0.1, 0.15) is 34.1 Å². The number of carbonyl (C=O) groups is 4. The molecule has 0 aliphatic rings. The first-order valence-corrected chi connectivity index (χ1v) is 33.3. The van der Waals surface area contributed by atoms with Gasteiger partial charge in [0, 0.05) is 102 Å². The number of nitrogens with zero attached hydrogens (tertiary/aromatic N) is 7. The Morgan fingerprint density at radius 2 is 0.786 bits per heavy atom. The molecule has 0 fully saturated rings. The van der Waals surface area contributed by atoms with Gasteiger partial charge in [-0.2, -0.15) is 0 Å². The van der Waals surface area contributed by atoms with Crippen molar-refractivity contribution < 1.29 is 33.5 Å². The molecule has 1 N–H and O–H groups in total. The van der Waals surface area contributed by atoms with Gasteiger partial charge in [0.15, 0.2) is 0 Å². The number of amides is 1. The fraction of sp³-hybridized carbons (Fsp3) is 0.120. The molecule has 0 saturated heterocycles. The van der Waals surface area contributed by atoms with E-state index < -0.39 is 5.91 Å². The number of aromatic nitrogens is 7. The monoisotopic (exact) mass is 1430 g/mol. The van der Waals surface area contributed by atoms with Gasteiger partial charge >= 0.3 is 0 Å². The van der Waals surface area contributed by atoms with E-state index in [-0.39, 0.29) is 78.4 Å². The minimum atomic E-state index is -0.480. The summed E-state index contributed by atoms with van der Waals surface area (Å²) >= 11 is 3.49. The molecule has 0 radical (unpaired) electrons. The first-order valence-electron chi connectivity index (χ1n) is 32.5. The molecule has 0 aliphatic heterocycles. The Morgan fingerprint density at radius 3 is 1.18 bits per heavy atom. The van der Waals surface area contributed by atoms with Crippen LogP contribution in [0.5, 0.6) is 11.5 Å². The molecule has 0 unspecified atom stereocenters. The number of halogens is 1. The number of aryl methyl sites for hydroxylation is 3. The van der Waals surface area contributed by atoms with Crippen molar-refractivity contribution in [2.75, 3.05) is 28.4 Å². The zero-order valence-electron chi connectivity index (χ0n) is 57.3. The number of nitrogens with one attached hydrogen (secondary N) is 1. The van der Waals surface area contributed by atoms with E-state index in [1.165, 1.54) is 20.4 Å². The second-order valence-electron chi connectivity index (χ2n) is 24.1. The van der Waals surface area contributed by atoms with E-state index in [0.717, 1.165) is 71.0 Å². The third kappa shape index (κ3) is 16.6. The number of ether oxygens (including phenoxy) is 2. The minimum absolute atomic E-state index is 0.0709. The summed E-state index contributed by atoms with van der Waals surface area (Å²) in [6, 6.07) is 62.8. The number of rotatable bonds is 16. The van der Waals surface area contributed by atoms with E-state index in [1.807, 2.05) is 168 Å². The zero-order valence-corrected chi connectivity index (χ0v) is 58.9. The molecule has 19 nitrogen and oxygen atoms in total. The van der Waals surface area contributed by atoms with E-state index in [2.05, 4.69) is 35.9 Å². The number of pyridine rings is 7. The number of hydrogen-bond acceptors (Lipinski definition) is 14. The quantitative estimate of drug-likeness (QED) is 0.0700. The van der Waals surface area contributed by atoms with Crippen molar-refractivity contribution in [2.24, 2.45) is 0 Å². The minimum Gasteiger partial charge on any atom is -0.497 e. The van der Waals surface area contributed by atoms with Crippen LogP contribution in [-0.4, -0.2) is 90.3 Å². The molecule has 0 atom stereocenters. The summed E-state index contributed by atoms with van der Waals surface area (Å²) in [5.74, 6) is -0.0253. The highest BCUT2D eigenvalue weighted by Gasteiger charge is 2.23. The number of hydrogen-bond donors (Lipinski definition) is 1. The van der Waals surface area contributed by atoms with Crippen molar-refractivity contribution in [3.8, 4) is 11.5 Å². The third-order valence-corrected chi connectivity index (χ3v) is 17.5. The first kappa shape index (κ1) is 71.6. The molecule has 7 aromatic heterocycles. The van der Waals surface area contributed by atoms with Gasteiger partial charge in [-0.05, 0) is 157 Å². The van der Waals surface area contributed by atoms with Crippen molar-refractivity contribution in [2.45, 2.75) is 40.4 Å². The van der Waals surface area contributed by atoms with Crippen molar-refractivity contribution >= 4 is 82.8 Å². The highest BCUT2D eigenvalue weighted by Crippen LogP contribution is 2.23.